The zero-order valence-corrected chi connectivity index (χ0v) is 7.79. The minimum absolute atomic E-state index is 0.251. The Morgan fingerprint density at radius 3 is 2.77 bits per heavy atom. The molecule has 1 aliphatic carbocycles. The smallest absolute Gasteiger partial charge is 0.160 e. The first-order chi connectivity index (χ1) is 6.29. The van der Waals surface area contributed by atoms with Crippen LogP contribution in [0.2, 0.25) is 0 Å². The Morgan fingerprint density at radius 2 is 2.23 bits per heavy atom. The average molecular weight is 178 g/mol. The Morgan fingerprint density at radius 1 is 1.46 bits per heavy atom. The van der Waals surface area contributed by atoms with Crippen molar-refractivity contribution in [1.82, 2.24) is 0 Å². The second-order valence-electron chi connectivity index (χ2n) is 3.65. The molecule has 2 rings (SSSR count). The molecular weight excluding hydrogens is 164 g/mol. The summed E-state index contributed by atoms with van der Waals surface area (Å²) >= 11 is 0. The van der Waals surface area contributed by atoms with E-state index in [9.17, 15) is 5.11 Å². The van der Waals surface area contributed by atoms with Crippen LogP contribution in [0.4, 0.5) is 0 Å². The molecule has 13 heavy (non-hydrogen) atoms. The molecule has 0 aromatic heterocycles. The summed E-state index contributed by atoms with van der Waals surface area (Å²) in [5.74, 6) is 1.66. The Hall–Kier alpha value is -1.18. The van der Waals surface area contributed by atoms with Crippen LogP contribution in [0.1, 0.15) is 18.4 Å². The van der Waals surface area contributed by atoms with Crippen molar-refractivity contribution in [3.63, 3.8) is 0 Å². The monoisotopic (exact) mass is 178 g/mol. The molecule has 0 radical (unpaired) electrons. The van der Waals surface area contributed by atoms with E-state index in [1.165, 1.54) is 18.4 Å². The fourth-order valence-corrected chi connectivity index (χ4v) is 1.52. The van der Waals surface area contributed by atoms with E-state index in [-0.39, 0.29) is 5.75 Å². The van der Waals surface area contributed by atoms with Gasteiger partial charge in [-0.3, -0.25) is 0 Å². The first-order valence-electron chi connectivity index (χ1n) is 4.65. The molecule has 0 saturated heterocycles. The number of ether oxygens (including phenoxy) is 1. The van der Waals surface area contributed by atoms with Gasteiger partial charge in [0.05, 0.1) is 7.11 Å². The summed E-state index contributed by atoms with van der Waals surface area (Å²) < 4.78 is 4.97. The Balaban J connectivity index is 2.13. The highest BCUT2D eigenvalue weighted by atomic mass is 16.5. The van der Waals surface area contributed by atoms with Crippen molar-refractivity contribution in [1.29, 1.82) is 0 Å². The molecule has 1 N–H and O–H groups in total. The number of hydrogen-bond donors (Lipinski definition) is 1. The van der Waals surface area contributed by atoms with Crippen molar-refractivity contribution in [3.8, 4) is 11.5 Å². The lowest BCUT2D eigenvalue weighted by atomic mass is 10.1. The van der Waals surface area contributed by atoms with Crippen LogP contribution in [0, 0.1) is 5.92 Å². The summed E-state index contributed by atoms with van der Waals surface area (Å²) in [6.07, 6.45) is 3.77. The van der Waals surface area contributed by atoms with Gasteiger partial charge < -0.3 is 9.84 Å². The molecular formula is C11H14O2. The Kier molecular flexibility index (Phi) is 2.13. The number of methoxy groups -OCH3 is 1. The summed E-state index contributed by atoms with van der Waals surface area (Å²) in [5.41, 5.74) is 1.21. The van der Waals surface area contributed by atoms with E-state index in [4.69, 9.17) is 4.74 Å². The molecule has 70 valence electrons. The molecule has 1 aromatic carbocycles. The van der Waals surface area contributed by atoms with Gasteiger partial charge in [0, 0.05) is 0 Å². The van der Waals surface area contributed by atoms with Gasteiger partial charge in [0.25, 0.3) is 0 Å². The molecule has 0 spiro atoms. The van der Waals surface area contributed by atoms with Crippen LogP contribution in [-0.4, -0.2) is 12.2 Å². The molecule has 1 fully saturated rings. The van der Waals surface area contributed by atoms with Crippen molar-refractivity contribution in [2.24, 2.45) is 5.92 Å². The third-order valence-electron chi connectivity index (χ3n) is 2.46. The predicted octanol–water partition coefficient (Wildman–Crippen LogP) is 2.35. The van der Waals surface area contributed by atoms with E-state index < -0.39 is 0 Å². The van der Waals surface area contributed by atoms with Gasteiger partial charge in [-0.15, -0.1) is 0 Å². The standard InChI is InChI=1S/C11H14O2/c1-13-11-5-4-9(7-10(11)12)6-8-2-3-8/h4-5,7-8,12H,2-3,6H2,1H3. The molecule has 1 saturated carbocycles. The predicted molar refractivity (Wildman–Crippen MR) is 51.1 cm³/mol. The molecule has 1 aliphatic rings. The van der Waals surface area contributed by atoms with Crippen molar-refractivity contribution in [2.75, 3.05) is 7.11 Å². The molecule has 1 aromatic rings. The molecule has 2 nitrogen and oxygen atoms in total. The van der Waals surface area contributed by atoms with Gasteiger partial charge >= 0.3 is 0 Å². The van der Waals surface area contributed by atoms with Gasteiger partial charge in [-0.1, -0.05) is 6.07 Å². The largest absolute Gasteiger partial charge is 0.504 e. The zero-order valence-electron chi connectivity index (χ0n) is 7.79. The lowest BCUT2D eigenvalue weighted by Crippen LogP contribution is -1.88. The van der Waals surface area contributed by atoms with Crippen LogP contribution in [0.25, 0.3) is 0 Å². The minimum atomic E-state index is 0.251. The fourth-order valence-electron chi connectivity index (χ4n) is 1.52. The van der Waals surface area contributed by atoms with Crippen molar-refractivity contribution >= 4 is 0 Å². The molecule has 0 amide bonds. The van der Waals surface area contributed by atoms with E-state index >= 15 is 0 Å². The van der Waals surface area contributed by atoms with Gasteiger partial charge in [0.1, 0.15) is 0 Å². The van der Waals surface area contributed by atoms with Crippen LogP contribution in [0.5, 0.6) is 11.5 Å². The van der Waals surface area contributed by atoms with Crippen LogP contribution < -0.4 is 4.74 Å². The van der Waals surface area contributed by atoms with Crippen molar-refractivity contribution in [2.45, 2.75) is 19.3 Å². The highest BCUT2D eigenvalue weighted by Gasteiger charge is 2.21. The fraction of sp³-hybridized carbons (Fsp3) is 0.455. The first-order valence-corrected chi connectivity index (χ1v) is 4.65. The minimum Gasteiger partial charge on any atom is -0.504 e. The summed E-state index contributed by atoms with van der Waals surface area (Å²) in [6, 6.07) is 5.65. The van der Waals surface area contributed by atoms with E-state index in [0.717, 1.165) is 12.3 Å². The normalized spacial score (nSPS) is 15.8. The molecule has 0 heterocycles. The van der Waals surface area contributed by atoms with Crippen molar-refractivity contribution < 1.29 is 9.84 Å². The first kappa shape index (κ1) is 8.42. The quantitative estimate of drug-likeness (QED) is 0.769. The summed E-state index contributed by atoms with van der Waals surface area (Å²) in [5, 5.41) is 9.50. The van der Waals surface area contributed by atoms with Crippen molar-refractivity contribution in [3.05, 3.63) is 23.8 Å². The number of phenolic OH excluding ortho intramolecular Hbond substituents is 1. The highest BCUT2D eigenvalue weighted by molar-refractivity contribution is 5.41. The van der Waals surface area contributed by atoms with Crippen LogP contribution in [0.3, 0.4) is 0 Å². The van der Waals surface area contributed by atoms with Crippen LogP contribution >= 0.6 is 0 Å². The number of benzene rings is 1. The number of aromatic hydroxyl groups is 1. The van der Waals surface area contributed by atoms with Gasteiger partial charge in [0.15, 0.2) is 11.5 Å². The maximum absolute atomic E-state index is 9.50. The second-order valence-corrected chi connectivity index (χ2v) is 3.65. The SMILES string of the molecule is COc1ccc(CC2CC2)cc1O. The Labute approximate surface area is 78.2 Å². The molecule has 0 bridgehead atoms. The number of hydrogen-bond acceptors (Lipinski definition) is 2. The Bertz CT molecular complexity index is 303. The van der Waals surface area contributed by atoms with Gasteiger partial charge in [-0.05, 0) is 42.9 Å². The third kappa shape index (κ3) is 1.94. The lowest BCUT2D eigenvalue weighted by Gasteiger charge is -2.05. The summed E-state index contributed by atoms with van der Waals surface area (Å²) in [6.45, 7) is 0. The lowest BCUT2D eigenvalue weighted by molar-refractivity contribution is 0.373. The van der Waals surface area contributed by atoms with E-state index in [1.807, 2.05) is 12.1 Å². The van der Waals surface area contributed by atoms with Gasteiger partial charge in [-0.2, -0.15) is 0 Å². The zero-order chi connectivity index (χ0) is 9.26. The van der Waals surface area contributed by atoms with E-state index in [1.54, 1.807) is 13.2 Å². The molecule has 2 heteroatoms. The maximum atomic E-state index is 9.50. The molecule has 0 aliphatic heterocycles. The second kappa shape index (κ2) is 3.29. The van der Waals surface area contributed by atoms with E-state index in [0.29, 0.717) is 5.75 Å². The number of rotatable bonds is 3. The van der Waals surface area contributed by atoms with Crippen LogP contribution in [0.15, 0.2) is 18.2 Å². The highest BCUT2D eigenvalue weighted by Crippen LogP contribution is 2.34. The molecule has 0 atom stereocenters. The third-order valence-corrected chi connectivity index (χ3v) is 2.46. The maximum Gasteiger partial charge on any atom is 0.160 e. The summed E-state index contributed by atoms with van der Waals surface area (Å²) in [7, 11) is 1.57. The molecule has 0 unspecified atom stereocenters. The average Bonchev–Trinajstić information content (AvgIpc) is 2.89. The van der Waals surface area contributed by atoms with Gasteiger partial charge in [-0.25, -0.2) is 0 Å². The summed E-state index contributed by atoms with van der Waals surface area (Å²) in [4.78, 5) is 0. The van der Waals surface area contributed by atoms with Gasteiger partial charge in [0.2, 0.25) is 0 Å². The van der Waals surface area contributed by atoms with Crippen LogP contribution in [-0.2, 0) is 6.42 Å². The number of phenols is 1. The topological polar surface area (TPSA) is 29.5 Å². The van der Waals surface area contributed by atoms with E-state index in [2.05, 4.69) is 0 Å².